The molecule has 2 unspecified atom stereocenters. The number of nitrogens with one attached hydrogen (secondary N) is 2. The minimum absolute atomic E-state index is 0.103. The van der Waals surface area contributed by atoms with Gasteiger partial charge in [-0.25, -0.2) is 4.79 Å². The van der Waals surface area contributed by atoms with E-state index in [9.17, 15) is 19.5 Å². The number of amides is 2. The highest BCUT2D eigenvalue weighted by molar-refractivity contribution is 5.87. The largest absolute Gasteiger partial charge is 0.481 e. The highest BCUT2D eigenvalue weighted by atomic mass is 16.5. The van der Waals surface area contributed by atoms with E-state index < -0.39 is 41.6 Å². The zero-order chi connectivity index (χ0) is 29.7. The van der Waals surface area contributed by atoms with Gasteiger partial charge < -0.3 is 25.2 Å². The number of aliphatic carboxylic acids is 1. The SMILES string of the molecule is C[C@H](OCc1ccccc1)[C@@H](NC(=O)OCC1c2ccccc2-c2ccccc21)C(=O)NC1(C)CCCCC1C(=O)O. The summed E-state index contributed by atoms with van der Waals surface area (Å²) in [6.45, 7) is 3.83. The number of alkyl carbamates (subject to hydrolysis) is 1. The number of carboxylic acid groups (broad SMARTS) is 1. The number of carbonyl (C=O) groups excluding carboxylic acids is 2. The molecule has 0 radical (unpaired) electrons. The zero-order valence-corrected chi connectivity index (χ0v) is 24.0. The molecule has 8 heteroatoms. The molecule has 0 saturated heterocycles. The Kier molecular flexibility index (Phi) is 8.92. The number of fused-ring (bicyclic) bond motifs is 3. The van der Waals surface area contributed by atoms with Crippen LogP contribution in [0.5, 0.6) is 0 Å². The van der Waals surface area contributed by atoms with Gasteiger partial charge in [0.2, 0.25) is 5.91 Å². The van der Waals surface area contributed by atoms with Crippen molar-refractivity contribution >= 4 is 18.0 Å². The molecule has 1 saturated carbocycles. The predicted octanol–water partition coefficient (Wildman–Crippen LogP) is 5.65. The topological polar surface area (TPSA) is 114 Å². The molecule has 0 bridgehead atoms. The first-order valence-corrected chi connectivity index (χ1v) is 14.6. The van der Waals surface area contributed by atoms with Crippen LogP contribution in [0.4, 0.5) is 4.79 Å². The summed E-state index contributed by atoms with van der Waals surface area (Å²) in [6.07, 6.45) is 1.16. The summed E-state index contributed by atoms with van der Waals surface area (Å²) in [6, 6.07) is 24.6. The Balaban J connectivity index is 1.30. The van der Waals surface area contributed by atoms with Gasteiger partial charge in [-0.3, -0.25) is 9.59 Å². The van der Waals surface area contributed by atoms with Crippen LogP contribution in [0, 0.1) is 5.92 Å². The number of benzene rings is 3. The Labute approximate surface area is 246 Å². The molecular formula is C34H38N2O6. The average Bonchev–Trinajstić information content (AvgIpc) is 3.31. The summed E-state index contributed by atoms with van der Waals surface area (Å²) >= 11 is 0. The lowest BCUT2D eigenvalue weighted by molar-refractivity contribution is -0.147. The van der Waals surface area contributed by atoms with E-state index in [2.05, 4.69) is 22.8 Å². The lowest BCUT2D eigenvalue weighted by Gasteiger charge is -2.41. The molecule has 0 aliphatic heterocycles. The first-order valence-electron chi connectivity index (χ1n) is 14.6. The maximum Gasteiger partial charge on any atom is 0.407 e. The Morgan fingerprint density at radius 1 is 0.929 bits per heavy atom. The third-order valence-electron chi connectivity index (χ3n) is 8.64. The number of hydrogen-bond donors (Lipinski definition) is 3. The third kappa shape index (κ3) is 6.34. The van der Waals surface area contributed by atoms with Crippen LogP contribution in [0.25, 0.3) is 11.1 Å². The molecule has 0 heterocycles. The second kappa shape index (κ2) is 12.8. The summed E-state index contributed by atoms with van der Waals surface area (Å²) in [4.78, 5) is 38.9. The van der Waals surface area contributed by atoms with Crippen molar-refractivity contribution in [2.45, 2.75) is 69.7 Å². The molecule has 42 heavy (non-hydrogen) atoms. The van der Waals surface area contributed by atoms with Crippen LogP contribution in [0.1, 0.15) is 62.1 Å². The molecule has 2 amide bonds. The molecule has 8 nitrogen and oxygen atoms in total. The second-order valence-corrected chi connectivity index (χ2v) is 11.5. The number of hydrogen-bond acceptors (Lipinski definition) is 5. The maximum absolute atomic E-state index is 13.7. The number of carboxylic acids is 1. The standard InChI is InChI=1S/C34H38N2O6/c1-22(41-20-23-12-4-3-5-13-23)30(31(37)36-34(2)19-11-10-18-29(34)32(38)39)35-33(40)42-21-28-26-16-8-6-14-24(26)25-15-7-9-17-27(25)28/h3-9,12-17,22,28-30H,10-11,18-21H2,1-2H3,(H,35,40)(H,36,37)(H,38,39)/t22-,29?,30+,34?/m0/s1. The molecule has 3 aromatic carbocycles. The van der Waals surface area contributed by atoms with Crippen molar-refractivity contribution in [2.75, 3.05) is 6.61 Å². The van der Waals surface area contributed by atoms with Gasteiger partial charge in [-0.2, -0.15) is 0 Å². The predicted molar refractivity (Wildman–Crippen MR) is 159 cm³/mol. The van der Waals surface area contributed by atoms with E-state index in [0.29, 0.717) is 12.8 Å². The molecule has 2 aliphatic carbocycles. The van der Waals surface area contributed by atoms with Gasteiger partial charge in [0.25, 0.3) is 0 Å². The molecule has 2 aliphatic rings. The van der Waals surface area contributed by atoms with Crippen LogP contribution in [-0.4, -0.2) is 47.4 Å². The Bertz CT molecular complexity index is 1380. The van der Waals surface area contributed by atoms with Crippen molar-refractivity contribution in [3.63, 3.8) is 0 Å². The normalized spacial score (nSPS) is 21.0. The van der Waals surface area contributed by atoms with Crippen LogP contribution in [0.2, 0.25) is 0 Å². The lowest BCUT2D eigenvalue weighted by Crippen LogP contribution is -2.62. The van der Waals surface area contributed by atoms with Crippen molar-refractivity contribution in [1.29, 1.82) is 0 Å². The Hall–Kier alpha value is -4.17. The van der Waals surface area contributed by atoms with Crippen LogP contribution in [-0.2, 0) is 25.7 Å². The summed E-state index contributed by atoms with van der Waals surface area (Å²) in [7, 11) is 0. The van der Waals surface area contributed by atoms with E-state index in [1.165, 1.54) is 0 Å². The summed E-state index contributed by atoms with van der Waals surface area (Å²) in [5, 5.41) is 15.5. The second-order valence-electron chi connectivity index (χ2n) is 11.5. The fraction of sp³-hybridized carbons (Fsp3) is 0.382. The highest BCUT2D eigenvalue weighted by Crippen LogP contribution is 2.44. The van der Waals surface area contributed by atoms with Crippen molar-refractivity contribution in [3.05, 3.63) is 95.6 Å². The molecule has 4 atom stereocenters. The van der Waals surface area contributed by atoms with Gasteiger partial charge in [0.1, 0.15) is 12.6 Å². The van der Waals surface area contributed by atoms with Crippen molar-refractivity contribution in [1.82, 2.24) is 10.6 Å². The summed E-state index contributed by atoms with van der Waals surface area (Å²) in [5.41, 5.74) is 4.40. The molecule has 0 spiro atoms. The molecule has 1 fully saturated rings. The molecule has 5 rings (SSSR count). The fourth-order valence-electron chi connectivity index (χ4n) is 6.30. The first kappa shape index (κ1) is 29.3. The molecule has 220 valence electrons. The van der Waals surface area contributed by atoms with Gasteiger partial charge in [-0.15, -0.1) is 0 Å². The van der Waals surface area contributed by atoms with Gasteiger partial charge >= 0.3 is 12.1 Å². The fourth-order valence-corrected chi connectivity index (χ4v) is 6.30. The van der Waals surface area contributed by atoms with Gasteiger partial charge in [-0.05, 0) is 54.5 Å². The number of carbonyl (C=O) groups is 3. The van der Waals surface area contributed by atoms with Crippen molar-refractivity contribution < 1.29 is 29.0 Å². The number of ether oxygens (including phenoxy) is 2. The number of rotatable bonds is 10. The molecule has 3 N–H and O–H groups in total. The van der Waals surface area contributed by atoms with E-state index in [1.807, 2.05) is 66.7 Å². The first-order chi connectivity index (χ1) is 20.3. The molecule has 0 aromatic heterocycles. The molecular weight excluding hydrogens is 532 g/mol. The van der Waals surface area contributed by atoms with E-state index in [4.69, 9.17) is 9.47 Å². The van der Waals surface area contributed by atoms with E-state index >= 15 is 0 Å². The van der Waals surface area contributed by atoms with Crippen LogP contribution < -0.4 is 10.6 Å². The van der Waals surface area contributed by atoms with Crippen LogP contribution >= 0.6 is 0 Å². The van der Waals surface area contributed by atoms with E-state index in [1.54, 1.807) is 13.8 Å². The van der Waals surface area contributed by atoms with Crippen LogP contribution in [0.15, 0.2) is 78.9 Å². The Morgan fingerprint density at radius 3 is 2.19 bits per heavy atom. The van der Waals surface area contributed by atoms with Crippen molar-refractivity contribution in [3.8, 4) is 11.1 Å². The average molecular weight is 571 g/mol. The maximum atomic E-state index is 13.7. The quantitative estimate of drug-likeness (QED) is 0.290. The summed E-state index contributed by atoms with van der Waals surface area (Å²) in [5.74, 6) is -2.28. The van der Waals surface area contributed by atoms with Crippen LogP contribution in [0.3, 0.4) is 0 Å². The minimum Gasteiger partial charge on any atom is -0.481 e. The highest BCUT2D eigenvalue weighted by Gasteiger charge is 2.44. The van der Waals surface area contributed by atoms with E-state index in [0.717, 1.165) is 40.7 Å². The molecule has 3 aromatic rings. The third-order valence-corrected chi connectivity index (χ3v) is 8.64. The van der Waals surface area contributed by atoms with Gasteiger partial charge in [0, 0.05) is 5.92 Å². The van der Waals surface area contributed by atoms with E-state index in [-0.39, 0.29) is 19.1 Å². The van der Waals surface area contributed by atoms with Gasteiger partial charge in [0.15, 0.2) is 0 Å². The summed E-state index contributed by atoms with van der Waals surface area (Å²) < 4.78 is 11.8. The van der Waals surface area contributed by atoms with Gasteiger partial charge in [-0.1, -0.05) is 91.7 Å². The van der Waals surface area contributed by atoms with Gasteiger partial charge in [0.05, 0.1) is 24.2 Å². The smallest absolute Gasteiger partial charge is 0.407 e. The lowest BCUT2D eigenvalue weighted by atomic mass is 9.73. The Morgan fingerprint density at radius 2 is 1.55 bits per heavy atom. The minimum atomic E-state index is -1.10. The zero-order valence-electron chi connectivity index (χ0n) is 24.0. The monoisotopic (exact) mass is 570 g/mol. The van der Waals surface area contributed by atoms with Crippen molar-refractivity contribution in [2.24, 2.45) is 5.92 Å².